The van der Waals surface area contributed by atoms with E-state index in [0.29, 0.717) is 6.54 Å². The number of nitrogens with zero attached hydrogens (tertiary/aromatic N) is 1. The molecule has 1 aromatic rings. The molecule has 1 heterocycles. The standard InChI is InChI=1S/C15H16F3N3O2/c16-15(17,18)23-13-6-10(7-19)3-4-11(13)9-21-14(22)12-2-1-5-20-8-12/h3-4,6,12,20H,1-2,5,8-9H2,(H,21,22). The van der Waals surface area contributed by atoms with E-state index in [-0.39, 0.29) is 29.5 Å². The molecule has 124 valence electrons. The second-order valence-electron chi connectivity index (χ2n) is 5.24. The van der Waals surface area contributed by atoms with Crippen LogP contribution in [-0.2, 0) is 11.3 Å². The van der Waals surface area contributed by atoms with Gasteiger partial charge in [0.05, 0.1) is 17.6 Å². The van der Waals surface area contributed by atoms with E-state index in [0.717, 1.165) is 25.5 Å². The minimum atomic E-state index is -4.86. The number of carbonyl (C=O) groups is 1. The van der Waals surface area contributed by atoms with E-state index in [1.807, 2.05) is 0 Å². The van der Waals surface area contributed by atoms with Crippen molar-refractivity contribution in [1.82, 2.24) is 10.6 Å². The summed E-state index contributed by atoms with van der Waals surface area (Å²) < 4.78 is 41.3. The topological polar surface area (TPSA) is 74.2 Å². The van der Waals surface area contributed by atoms with Crippen LogP contribution >= 0.6 is 0 Å². The molecule has 1 aliphatic rings. The summed E-state index contributed by atoms with van der Waals surface area (Å²) in [5.41, 5.74) is 0.217. The van der Waals surface area contributed by atoms with Gasteiger partial charge in [-0.2, -0.15) is 5.26 Å². The first-order chi connectivity index (χ1) is 10.9. The van der Waals surface area contributed by atoms with Gasteiger partial charge in [0.15, 0.2) is 0 Å². The van der Waals surface area contributed by atoms with Gasteiger partial charge in [0.1, 0.15) is 5.75 Å². The Balaban J connectivity index is 2.06. The first-order valence-electron chi connectivity index (χ1n) is 7.16. The third-order valence-corrected chi connectivity index (χ3v) is 3.54. The number of piperidine rings is 1. The highest BCUT2D eigenvalue weighted by Gasteiger charge is 2.32. The van der Waals surface area contributed by atoms with Crippen LogP contribution in [0.3, 0.4) is 0 Å². The molecule has 5 nitrogen and oxygen atoms in total. The maximum atomic E-state index is 12.4. The van der Waals surface area contributed by atoms with Crippen molar-refractivity contribution >= 4 is 5.91 Å². The Kier molecular flexibility index (Phi) is 5.45. The third kappa shape index (κ3) is 5.14. The van der Waals surface area contributed by atoms with Gasteiger partial charge in [0, 0.05) is 18.7 Å². The number of carbonyl (C=O) groups excluding carboxylic acids is 1. The molecule has 0 bridgehead atoms. The molecule has 0 aromatic heterocycles. The van der Waals surface area contributed by atoms with Crippen molar-refractivity contribution in [1.29, 1.82) is 5.26 Å². The third-order valence-electron chi connectivity index (χ3n) is 3.54. The lowest BCUT2D eigenvalue weighted by atomic mass is 9.99. The highest BCUT2D eigenvalue weighted by Crippen LogP contribution is 2.27. The number of hydrogen-bond donors (Lipinski definition) is 2. The van der Waals surface area contributed by atoms with Crippen molar-refractivity contribution < 1.29 is 22.7 Å². The summed E-state index contributed by atoms with van der Waals surface area (Å²) in [4.78, 5) is 12.0. The van der Waals surface area contributed by atoms with Crippen LogP contribution in [0, 0.1) is 17.2 Å². The van der Waals surface area contributed by atoms with Crippen LogP contribution < -0.4 is 15.4 Å². The van der Waals surface area contributed by atoms with Crippen LogP contribution in [0.4, 0.5) is 13.2 Å². The summed E-state index contributed by atoms with van der Waals surface area (Å²) in [5.74, 6) is -0.868. The number of nitriles is 1. The van der Waals surface area contributed by atoms with Gasteiger partial charge in [-0.25, -0.2) is 0 Å². The van der Waals surface area contributed by atoms with Crippen LogP contribution in [0.2, 0.25) is 0 Å². The molecule has 0 saturated carbocycles. The fourth-order valence-corrected chi connectivity index (χ4v) is 2.39. The van der Waals surface area contributed by atoms with E-state index >= 15 is 0 Å². The normalized spacial score (nSPS) is 18.1. The predicted octanol–water partition coefficient (Wildman–Crippen LogP) is 2.07. The molecule has 1 aliphatic heterocycles. The fourth-order valence-electron chi connectivity index (χ4n) is 2.39. The number of hydrogen-bond acceptors (Lipinski definition) is 4. The number of benzene rings is 1. The van der Waals surface area contributed by atoms with Crippen molar-refractivity contribution in [2.24, 2.45) is 5.92 Å². The molecule has 0 aliphatic carbocycles. The second kappa shape index (κ2) is 7.33. The van der Waals surface area contributed by atoms with Crippen LogP contribution in [0.25, 0.3) is 0 Å². The molecule has 1 saturated heterocycles. The predicted molar refractivity (Wildman–Crippen MR) is 75.3 cm³/mol. The number of ether oxygens (including phenoxy) is 1. The van der Waals surface area contributed by atoms with E-state index in [1.165, 1.54) is 12.1 Å². The molecule has 2 rings (SSSR count). The van der Waals surface area contributed by atoms with Gasteiger partial charge in [-0.15, -0.1) is 13.2 Å². The van der Waals surface area contributed by atoms with Gasteiger partial charge in [-0.05, 0) is 31.5 Å². The zero-order valence-electron chi connectivity index (χ0n) is 12.2. The molecule has 0 radical (unpaired) electrons. The summed E-state index contributed by atoms with van der Waals surface area (Å²) in [7, 11) is 0. The Morgan fingerprint density at radius 1 is 1.48 bits per heavy atom. The van der Waals surface area contributed by atoms with Crippen molar-refractivity contribution in [3.05, 3.63) is 29.3 Å². The number of alkyl halides is 3. The summed E-state index contributed by atoms with van der Waals surface area (Å²) in [6.07, 6.45) is -3.23. The number of halogens is 3. The maximum Gasteiger partial charge on any atom is 0.573 e. The van der Waals surface area contributed by atoms with E-state index in [2.05, 4.69) is 15.4 Å². The van der Waals surface area contributed by atoms with Crippen molar-refractivity contribution in [2.45, 2.75) is 25.7 Å². The smallest absolute Gasteiger partial charge is 0.405 e. The Morgan fingerprint density at radius 2 is 2.26 bits per heavy atom. The number of amides is 1. The molecule has 1 amide bonds. The largest absolute Gasteiger partial charge is 0.573 e. The first-order valence-corrected chi connectivity index (χ1v) is 7.16. The van der Waals surface area contributed by atoms with Gasteiger partial charge < -0.3 is 15.4 Å². The lowest BCUT2D eigenvalue weighted by Crippen LogP contribution is -2.40. The molecular formula is C15H16F3N3O2. The monoisotopic (exact) mass is 327 g/mol. The van der Waals surface area contributed by atoms with Crippen molar-refractivity contribution in [2.75, 3.05) is 13.1 Å². The van der Waals surface area contributed by atoms with Crippen LogP contribution in [-0.4, -0.2) is 25.4 Å². The average Bonchev–Trinajstić information content (AvgIpc) is 2.52. The fraction of sp³-hybridized carbons (Fsp3) is 0.467. The van der Waals surface area contributed by atoms with E-state index in [9.17, 15) is 18.0 Å². The SMILES string of the molecule is N#Cc1ccc(CNC(=O)C2CCCNC2)c(OC(F)(F)F)c1. The van der Waals surface area contributed by atoms with Crippen LogP contribution in [0.1, 0.15) is 24.0 Å². The molecule has 1 atom stereocenters. The van der Waals surface area contributed by atoms with Gasteiger partial charge in [0.25, 0.3) is 0 Å². The molecule has 1 unspecified atom stereocenters. The summed E-state index contributed by atoms with van der Waals surface area (Å²) >= 11 is 0. The zero-order chi connectivity index (χ0) is 16.9. The summed E-state index contributed by atoms with van der Waals surface area (Å²) in [5, 5.41) is 14.5. The minimum absolute atomic E-state index is 0.0517. The highest BCUT2D eigenvalue weighted by atomic mass is 19.4. The quantitative estimate of drug-likeness (QED) is 0.888. The van der Waals surface area contributed by atoms with E-state index in [1.54, 1.807) is 6.07 Å². The molecular weight excluding hydrogens is 311 g/mol. The van der Waals surface area contributed by atoms with Crippen molar-refractivity contribution in [3.8, 4) is 11.8 Å². The number of rotatable bonds is 4. The first kappa shape index (κ1) is 17.1. The summed E-state index contributed by atoms with van der Waals surface area (Å²) in [6, 6.07) is 5.49. The Hall–Kier alpha value is -2.27. The summed E-state index contributed by atoms with van der Waals surface area (Å²) in [6.45, 7) is 1.33. The second-order valence-corrected chi connectivity index (χ2v) is 5.24. The zero-order valence-corrected chi connectivity index (χ0v) is 12.2. The average molecular weight is 327 g/mol. The molecule has 2 N–H and O–H groups in total. The van der Waals surface area contributed by atoms with Gasteiger partial charge in [0.2, 0.25) is 5.91 Å². The Bertz CT molecular complexity index is 605. The molecule has 1 fully saturated rings. The molecule has 8 heteroatoms. The van der Waals surface area contributed by atoms with Crippen LogP contribution in [0.5, 0.6) is 5.75 Å². The maximum absolute atomic E-state index is 12.4. The number of nitrogens with one attached hydrogen (secondary N) is 2. The Morgan fingerprint density at radius 3 is 2.87 bits per heavy atom. The lowest BCUT2D eigenvalue weighted by molar-refractivity contribution is -0.274. The molecule has 23 heavy (non-hydrogen) atoms. The van der Waals surface area contributed by atoms with Gasteiger partial charge in [-0.3, -0.25) is 4.79 Å². The van der Waals surface area contributed by atoms with Crippen LogP contribution in [0.15, 0.2) is 18.2 Å². The molecule has 1 aromatic carbocycles. The highest BCUT2D eigenvalue weighted by molar-refractivity contribution is 5.79. The molecule has 0 spiro atoms. The van der Waals surface area contributed by atoms with Gasteiger partial charge in [-0.1, -0.05) is 6.07 Å². The van der Waals surface area contributed by atoms with Crippen molar-refractivity contribution in [3.63, 3.8) is 0 Å². The van der Waals surface area contributed by atoms with E-state index in [4.69, 9.17) is 5.26 Å². The van der Waals surface area contributed by atoms with Gasteiger partial charge >= 0.3 is 6.36 Å². The minimum Gasteiger partial charge on any atom is -0.405 e. The van der Waals surface area contributed by atoms with E-state index < -0.39 is 12.1 Å². The lowest BCUT2D eigenvalue weighted by Gasteiger charge is -2.22. The Labute approximate surface area is 131 Å².